The molecule has 6 heteroatoms. The standard InChI is InChI=1S/C63H119NO5/c1-3-5-7-9-11-13-15-16-30-34-37-41-45-49-53-57-63(68)69-58-54-50-46-42-38-35-32-29-27-25-23-21-19-17-18-20-22-24-26-28-31-33-36-40-44-48-52-56-62(67)64-60(59-65)61(66)55-51-47-43-39-14-12-10-8-6-4-2/h11,13,16,30,51,55,60-61,65-66H,3-10,12,14-15,17-29,31-50,52-54,56-59H2,1-2H3,(H,64,67)/b13-11-,30-16-,55-51+. The van der Waals surface area contributed by atoms with Gasteiger partial charge in [-0.3, -0.25) is 9.59 Å². The summed E-state index contributed by atoms with van der Waals surface area (Å²) in [6.07, 6.45) is 73.4. The Morgan fingerprint density at radius 3 is 1.13 bits per heavy atom. The molecule has 2 unspecified atom stereocenters. The maximum atomic E-state index is 12.4. The Labute approximate surface area is 430 Å². The van der Waals surface area contributed by atoms with Gasteiger partial charge < -0.3 is 20.3 Å². The summed E-state index contributed by atoms with van der Waals surface area (Å²) in [7, 11) is 0. The normalized spacial score (nSPS) is 12.8. The summed E-state index contributed by atoms with van der Waals surface area (Å²) in [5, 5.41) is 23.0. The lowest BCUT2D eigenvalue weighted by atomic mass is 10.0. The van der Waals surface area contributed by atoms with Crippen molar-refractivity contribution in [3.05, 3.63) is 36.5 Å². The summed E-state index contributed by atoms with van der Waals surface area (Å²) < 4.78 is 5.48. The van der Waals surface area contributed by atoms with Crippen LogP contribution in [0.5, 0.6) is 0 Å². The van der Waals surface area contributed by atoms with E-state index in [4.69, 9.17) is 4.74 Å². The van der Waals surface area contributed by atoms with Crippen molar-refractivity contribution >= 4 is 11.9 Å². The summed E-state index contributed by atoms with van der Waals surface area (Å²) in [6, 6.07) is -0.624. The minimum atomic E-state index is -0.840. The number of carbonyl (C=O) groups excluding carboxylic acids is 2. The molecule has 0 radical (unpaired) electrons. The van der Waals surface area contributed by atoms with Gasteiger partial charge in [0, 0.05) is 12.8 Å². The van der Waals surface area contributed by atoms with Gasteiger partial charge in [0.1, 0.15) is 0 Å². The van der Waals surface area contributed by atoms with Crippen LogP contribution in [-0.2, 0) is 14.3 Å². The number of amides is 1. The number of aliphatic hydroxyl groups excluding tert-OH is 2. The molecule has 0 heterocycles. The third-order valence-corrected chi connectivity index (χ3v) is 14.2. The quantitative estimate of drug-likeness (QED) is 0.0321. The van der Waals surface area contributed by atoms with E-state index < -0.39 is 12.1 Å². The Morgan fingerprint density at radius 1 is 0.406 bits per heavy atom. The van der Waals surface area contributed by atoms with Gasteiger partial charge in [-0.25, -0.2) is 0 Å². The highest BCUT2D eigenvalue weighted by Crippen LogP contribution is 2.17. The molecule has 0 aliphatic carbocycles. The van der Waals surface area contributed by atoms with Crippen molar-refractivity contribution in [2.45, 2.75) is 341 Å². The van der Waals surface area contributed by atoms with Gasteiger partial charge in [0.25, 0.3) is 0 Å². The molecule has 0 aromatic carbocycles. The van der Waals surface area contributed by atoms with Gasteiger partial charge in [0.2, 0.25) is 5.91 Å². The topological polar surface area (TPSA) is 95.9 Å². The SMILES string of the molecule is CCCCC/C=C\C/C=C\CCCCCCCC(=O)OCCCCCCCCCCCCCCCCCCCCCCCCCCCCCC(=O)NC(CO)C(O)/C=C/CCCCCCCCCC. The molecular weight excluding hydrogens is 851 g/mol. The third kappa shape index (κ3) is 55.2. The van der Waals surface area contributed by atoms with E-state index in [0.29, 0.717) is 19.4 Å². The molecule has 3 N–H and O–H groups in total. The van der Waals surface area contributed by atoms with E-state index in [1.165, 1.54) is 250 Å². The lowest BCUT2D eigenvalue weighted by molar-refractivity contribution is -0.143. The lowest BCUT2D eigenvalue weighted by Crippen LogP contribution is -2.45. The van der Waals surface area contributed by atoms with E-state index in [2.05, 4.69) is 43.5 Å². The number of unbranched alkanes of at least 4 members (excludes halogenated alkanes) is 42. The molecule has 69 heavy (non-hydrogen) atoms. The minimum Gasteiger partial charge on any atom is -0.466 e. The van der Waals surface area contributed by atoms with Crippen LogP contribution < -0.4 is 5.32 Å². The Bertz CT molecular complexity index is 1120. The van der Waals surface area contributed by atoms with Gasteiger partial charge in [-0.2, -0.15) is 0 Å². The highest BCUT2D eigenvalue weighted by atomic mass is 16.5. The molecular formula is C63H119NO5. The average molecular weight is 971 g/mol. The van der Waals surface area contributed by atoms with E-state index in [9.17, 15) is 19.8 Å². The largest absolute Gasteiger partial charge is 0.466 e. The molecule has 0 fully saturated rings. The summed E-state index contributed by atoms with van der Waals surface area (Å²) in [4.78, 5) is 24.5. The van der Waals surface area contributed by atoms with Crippen LogP contribution >= 0.6 is 0 Å². The molecule has 0 bridgehead atoms. The molecule has 2 atom stereocenters. The first-order valence-corrected chi connectivity index (χ1v) is 30.8. The first kappa shape index (κ1) is 67.1. The number of nitrogens with one attached hydrogen (secondary N) is 1. The monoisotopic (exact) mass is 970 g/mol. The average Bonchev–Trinajstić information content (AvgIpc) is 3.35. The Kier molecular flexibility index (Phi) is 57.0. The second kappa shape index (κ2) is 58.6. The van der Waals surface area contributed by atoms with Crippen LogP contribution in [-0.4, -0.2) is 47.4 Å². The van der Waals surface area contributed by atoms with Gasteiger partial charge in [-0.1, -0.05) is 288 Å². The molecule has 0 aromatic rings. The van der Waals surface area contributed by atoms with E-state index in [1.807, 2.05) is 6.08 Å². The maximum absolute atomic E-state index is 12.4. The fraction of sp³-hybridized carbons (Fsp3) is 0.873. The number of hydrogen-bond acceptors (Lipinski definition) is 5. The fourth-order valence-electron chi connectivity index (χ4n) is 9.43. The van der Waals surface area contributed by atoms with Crippen LogP contribution in [0.2, 0.25) is 0 Å². The number of esters is 1. The molecule has 1 amide bonds. The van der Waals surface area contributed by atoms with E-state index >= 15 is 0 Å². The van der Waals surface area contributed by atoms with Crippen molar-refractivity contribution in [1.82, 2.24) is 5.32 Å². The molecule has 0 aliphatic heterocycles. The number of hydrogen-bond donors (Lipinski definition) is 3. The van der Waals surface area contributed by atoms with Gasteiger partial charge in [0.05, 0.1) is 25.4 Å². The molecule has 406 valence electrons. The van der Waals surface area contributed by atoms with E-state index in [-0.39, 0.29) is 18.5 Å². The Morgan fingerprint density at radius 2 is 0.725 bits per heavy atom. The molecule has 0 aliphatic rings. The van der Waals surface area contributed by atoms with Crippen LogP contribution in [0.15, 0.2) is 36.5 Å². The second-order valence-electron chi connectivity index (χ2n) is 21.0. The molecule has 0 saturated heterocycles. The minimum absolute atomic E-state index is 0.00342. The molecule has 0 spiro atoms. The van der Waals surface area contributed by atoms with E-state index in [0.717, 1.165) is 51.4 Å². The Balaban J connectivity index is 3.34. The molecule has 6 nitrogen and oxygen atoms in total. The van der Waals surface area contributed by atoms with Crippen molar-refractivity contribution in [1.29, 1.82) is 0 Å². The predicted octanol–water partition coefficient (Wildman–Crippen LogP) is 19.2. The third-order valence-electron chi connectivity index (χ3n) is 14.2. The smallest absolute Gasteiger partial charge is 0.305 e. The zero-order valence-electron chi connectivity index (χ0n) is 46.3. The van der Waals surface area contributed by atoms with Gasteiger partial charge >= 0.3 is 5.97 Å². The molecule has 0 aromatic heterocycles. The zero-order chi connectivity index (χ0) is 50.0. The summed E-state index contributed by atoms with van der Waals surface area (Å²) >= 11 is 0. The second-order valence-corrected chi connectivity index (χ2v) is 21.0. The van der Waals surface area contributed by atoms with Crippen molar-refractivity contribution in [2.24, 2.45) is 0 Å². The number of rotatable bonds is 57. The van der Waals surface area contributed by atoms with Crippen molar-refractivity contribution in [3.8, 4) is 0 Å². The number of aliphatic hydroxyl groups is 2. The number of ether oxygens (including phenoxy) is 1. The van der Waals surface area contributed by atoms with Gasteiger partial charge in [-0.05, 0) is 64.2 Å². The van der Waals surface area contributed by atoms with Crippen LogP contribution in [0.25, 0.3) is 0 Å². The summed E-state index contributed by atoms with van der Waals surface area (Å²) in [6.45, 7) is 4.86. The number of carbonyl (C=O) groups is 2. The summed E-state index contributed by atoms with van der Waals surface area (Å²) in [5.41, 5.74) is 0. The van der Waals surface area contributed by atoms with Gasteiger partial charge in [-0.15, -0.1) is 0 Å². The van der Waals surface area contributed by atoms with Crippen LogP contribution in [0.1, 0.15) is 328 Å². The maximum Gasteiger partial charge on any atom is 0.305 e. The van der Waals surface area contributed by atoms with Crippen LogP contribution in [0.3, 0.4) is 0 Å². The predicted molar refractivity (Wildman–Crippen MR) is 301 cm³/mol. The van der Waals surface area contributed by atoms with E-state index in [1.54, 1.807) is 6.08 Å². The molecule has 0 saturated carbocycles. The first-order chi connectivity index (χ1) is 34.0. The first-order valence-electron chi connectivity index (χ1n) is 30.8. The highest BCUT2D eigenvalue weighted by molar-refractivity contribution is 5.76. The fourth-order valence-corrected chi connectivity index (χ4v) is 9.43. The highest BCUT2D eigenvalue weighted by Gasteiger charge is 2.18. The summed E-state index contributed by atoms with van der Waals surface area (Å²) in [5.74, 6) is -0.0634. The molecule has 0 rings (SSSR count). The van der Waals surface area contributed by atoms with Crippen molar-refractivity contribution in [3.63, 3.8) is 0 Å². The Hall–Kier alpha value is -1.92. The lowest BCUT2D eigenvalue weighted by Gasteiger charge is -2.20. The van der Waals surface area contributed by atoms with Crippen molar-refractivity contribution in [2.75, 3.05) is 13.2 Å². The van der Waals surface area contributed by atoms with Crippen LogP contribution in [0, 0.1) is 0 Å². The number of allylic oxidation sites excluding steroid dienone is 5. The van der Waals surface area contributed by atoms with Crippen LogP contribution in [0.4, 0.5) is 0 Å². The van der Waals surface area contributed by atoms with Crippen molar-refractivity contribution < 1.29 is 24.5 Å². The zero-order valence-corrected chi connectivity index (χ0v) is 46.3. The van der Waals surface area contributed by atoms with Gasteiger partial charge in [0.15, 0.2) is 0 Å².